The Hall–Kier alpha value is -3.45. The van der Waals surface area contributed by atoms with Gasteiger partial charge in [0.05, 0.1) is 45.5 Å². The molecule has 0 aliphatic rings. The SMILES string of the molecule is COc1cc(-c2csc(=Nc3cc(C)ccc3C)n2Cc2ccco2)cc(OC)c1OC. The van der Waals surface area contributed by atoms with E-state index >= 15 is 0 Å². The average molecular weight is 451 g/mol. The molecule has 0 bridgehead atoms. The van der Waals surface area contributed by atoms with Crippen molar-refractivity contribution in [1.82, 2.24) is 4.57 Å². The molecule has 0 unspecified atom stereocenters. The fourth-order valence-corrected chi connectivity index (χ4v) is 4.45. The zero-order valence-corrected chi connectivity index (χ0v) is 19.7. The highest BCUT2D eigenvalue weighted by molar-refractivity contribution is 7.07. The first kappa shape index (κ1) is 21.8. The Morgan fingerprint density at radius 2 is 1.72 bits per heavy atom. The van der Waals surface area contributed by atoms with Gasteiger partial charge in [0.2, 0.25) is 5.75 Å². The van der Waals surface area contributed by atoms with Gasteiger partial charge in [-0.3, -0.25) is 0 Å². The molecule has 2 aromatic carbocycles. The van der Waals surface area contributed by atoms with Crippen LogP contribution in [0.1, 0.15) is 16.9 Å². The summed E-state index contributed by atoms with van der Waals surface area (Å²) in [6, 6.07) is 14.0. The van der Waals surface area contributed by atoms with Crippen LogP contribution in [0.2, 0.25) is 0 Å². The Balaban J connectivity index is 1.92. The normalized spacial score (nSPS) is 11.6. The summed E-state index contributed by atoms with van der Waals surface area (Å²) in [6.45, 7) is 4.69. The van der Waals surface area contributed by atoms with Gasteiger partial charge in [0, 0.05) is 10.9 Å². The van der Waals surface area contributed by atoms with Crippen molar-refractivity contribution in [3.8, 4) is 28.5 Å². The minimum Gasteiger partial charge on any atom is -0.493 e. The molecule has 0 saturated carbocycles. The summed E-state index contributed by atoms with van der Waals surface area (Å²) >= 11 is 1.58. The molecule has 0 spiro atoms. The van der Waals surface area contributed by atoms with Crippen LogP contribution >= 0.6 is 11.3 Å². The number of rotatable bonds is 7. The standard InChI is InChI=1S/C25H26N2O4S/c1-16-8-9-17(2)20(11-16)26-25-27(14-19-7-6-10-31-19)21(15-32-25)18-12-22(28-3)24(30-5)23(13-18)29-4/h6-13,15H,14H2,1-5H3. The Morgan fingerprint density at radius 1 is 0.969 bits per heavy atom. The summed E-state index contributed by atoms with van der Waals surface area (Å²) < 4.78 is 24.4. The van der Waals surface area contributed by atoms with Crippen molar-refractivity contribution in [2.24, 2.45) is 4.99 Å². The van der Waals surface area contributed by atoms with E-state index in [0.717, 1.165) is 33.1 Å². The molecule has 2 heterocycles. The third-order valence-corrected chi connectivity index (χ3v) is 6.10. The van der Waals surface area contributed by atoms with E-state index in [-0.39, 0.29) is 0 Å². The maximum absolute atomic E-state index is 5.64. The Bertz CT molecular complexity index is 1260. The minimum atomic E-state index is 0.548. The second-order valence-electron chi connectivity index (χ2n) is 7.38. The second kappa shape index (κ2) is 9.36. The molecule has 0 aliphatic carbocycles. The monoisotopic (exact) mass is 450 g/mol. The zero-order valence-electron chi connectivity index (χ0n) is 18.8. The van der Waals surface area contributed by atoms with Crippen LogP contribution in [-0.4, -0.2) is 25.9 Å². The topological polar surface area (TPSA) is 58.1 Å². The summed E-state index contributed by atoms with van der Waals surface area (Å²) in [4.78, 5) is 5.87. The molecule has 7 heteroatoms. The number of hydrogen-bond donors (Lipinski definition) is 0. The number of ether oxygens (including phenoxy) is 3. The first-order valence-electron chi connectivity index (χ1n) is 10.2. The third-order valence-electron chi connectivity index (χ3n) is 5.23. The second-order valence-corrected chi connectivity index (χ2v) is 8.22. The fourth-order valence-electron chi connectivity index (χ4n) is 3.53. The Morgan fingerprint density at radius 3 is 2.34 bits per heavy atom. The molecule has 0 saturated heterocycles. The highest BCUT2D eigenvalue weighted by Crippen LogP contribution is 2.41. The lowest BCUT2D eigenvalue weighted by atomic mass is 10.1. The smallest absolute Gasteiger partial charge is 0.203 e. The molecule has 4 aromatic rings. The van der Waals surface area contributed by atoms with Gasteiger partial charge < -0.3 is 23.2 Å². The van der Waals surface area contributed by atoms with Gasteiger partial charge in [0.25, 0.3) is 0 Å². The van der Waals surface area contributed by atoms with Gasteiger partial charge in [-0.25, -0.2) is 4.99 Å². The van der Waals surface area contributed by atoms with E-state index in [2.05, 4.69) is 42.0 Å². The zero-order chi connectivity index (χ0) is 22.7. The number of benzene rings is 2. The molecule has 4 rings (SSSR count). The average Bonchev–Trinajstić information content (AvgIpc) is 3.46. The van der Waals surface area contributed by atoms with E-state index in [1.165, 1.54) is 5.56 Å². The van der Waals surface area contributed by atoms with E-state index < -0.39 is 0 Å². The summed E-state index contributed by atoms with van der Waals surface area (Å²) in [5.74, 6) is 2.61. The molecule has 6 nitrogen and oxygen atoms in total. The van der Waals surface area contributed by atoms with Gasteiger partial charge in [-0.15, -0.1) is 11.3 Å². The highest BCUT2D eigenvalue weighted by Gasteiger charge is 2.17. The number of furan rings is 1. The maximum Gasteiger partial charge on any atom is 0.203 e. The first-order valence-corrected chi connectivity index (χ1v) is 11.0. The van der Waals surface area contributed by atoms with Gasteiger partial charge in [0.15, 0.2) is 16.3 Å². The molecule has 32 heavy (non-hydrogen) atoms. The lowest BCUT2D eigenvalue weighted by Gasteiger charge is -2.15. The summed E-state index contributed by atoms with van der Waals surface area (Å²) in [6.07, 6.45) is 1.68. The van der Waals surface area contributed by atoms with Crippen LogP contribution < -0.4 is 19.0 Å². The van der Waals surface area contributed by atoms with E-state index in [1.807, 2.05) is 24.3 Å². The molecule has 0 amide bonds. The van der Waals surface area contributed by atoms with Crippen molar-refractivity contribution in [2.45, 2.75) is 20.4 Å². The van der Waals surface area contributed by atoms with E-state index in [1.54, 1.807) is 38.9 Å². The lowest BCUT2D eigenvalue weighted by molar-refractivity contribution is 0.324. The van der Waals surface area contributed by atoms with Gasteiger partial charge in [-0.1, -0.05) is 12.1 Å². The number of aromatic nitrogens is 1. The minimum absolute atomic E-state index is 0.548. The quantitative estimate of drug-likeness (QED) is 0.361. The summed E-state index contributed by atoms with van der Waals surface area (Å²) in [7, 11) is 4.84. The largest absolute Gasteiger partial charge is 0.493 e. The van der Waals surface area contributed by atoms with E-state index in [0.29, 0.717) is 23.8 Å². The third kappa shape index (κ3) is 4.29. The van der Waals surface area contributed by atoms with E-state index in [9.17, 15) is 0 Å². The van der Waals surface area contributed by atoms with Crippen molar-refractivity contribution in [3.63, 3.8) is 0 Å². The van der Waals surface area contributed by atoms with Crippen molar-refractivity contribution in [1.29, 1.82) is 0 Å². The molecule has 0 atom stereocenters. The summed E-state index contributed by atoms with van der Waals surface area (Å²) in [5, 5.41) is 2.09. The van der Waals surface area contributed by atoms with Crippen molar-refractivity contribution < 1.29 is 18.6 Å². The van der Waals surface area contributed by atoms with Crippen LogP contribution in [0.25, 0.3) is 11.3 Å². The Labute approximate surface area is 191 Å². The number of nitrogens with zero attached hydrogens (tertiary/aromatic N) is 2. The van der Waals surface area contributed by atoms with Crippen LogP contribution in [0.5, 0.6) is 17.2 Å². The van der Waals surface area contributed by atoms with Crippen LogP contribution in [0.3, 0.4) is 0 Å². The molecule has 0 N–H and O–H groups in total. The van der Waals surface area contributed by atoms with Crippen molar-refractivity contribution >= 4 is 17.0 Å². The number of aryl methyl sites for hydroxylation is 2. The van der Waals surface area contributed by atoms with Gasteiger partial charge in [0.1, 0.15) is 5.76 Å². The van der Waals surface area contributed by atoms with Crippen LogP contribution in [0.15, 0.2) is 63.5 Å². The highest BCUT2D eigenvalue weighted by atomic mass is 32.1. The van der Waals surface area contributed by atoms with E-state index in [4.69, 9.17) is 23.6 Å². The predicted octanol–water partition coefficient (Wildman–Crippen LogP) is 5.73. The van der Waals surface area contributed by atoms with Crippen molar-refractivity contribution in [3.05, 3.63) is 75.8 Å². The molecule has 2 aromatic heterocycles. The number of hydrogen-bond acceptors (Lipinski definition) is 6. The summed E-state index contributed by atoms with van der Waals surface area (Å²) in [5.41, 5.74) is 5.17. The van der Waals surface area contributed by atoms with Crippen LogP contribution in [0, 0.1) is 13.8 Å². The molecular formula is C25H26N2O4S. The predicted molar refractivity (Wildman–Crippen MR) is 126 cm³/mol. The Kier molecular flexibility index (Phi) is 6.37. The van der Waals surface area contributed by atoms with Crippen LogP contribution in [0.4, 0.5) is 5.69 Å². The first-order chi connectivity index (χ1) is 15.5. The number of thiazole rings is 1. The molecular weight excluding hydrogens is 424 g/mol. The van der Waals surface area contributed by atoms with Gasteiger partial charge in [-0.2, -0.15) is 0 Å². The van der Waals surface area contributed by atoms with Crippen LogP contribution in [-0.2, 0) is 6.54 Å². The molecule has 0 aliphatic heterocycles. The number of methoxy groups -OCH3 is 3. The maximum atomic E-state index is 5.64. The molecule has 0 radical (unpaired) electrons. The molecule has 0 fully saturated rings. The molecule has 166 valence electrons. The fraction of sp³-hybridized carbons (Fsp3) is 0.240. The van der Waals surface area contributed by atoms with Crippen molar-refractivity contribution in [2.75, 3.05) is 21.3 Å². The van der Waals surface area contributed by atoms with Gasteiger partial charge >= 0.3 is 0 Å². The lowest BCUT2D eigenvalue weighted by Crippen LogP contribution is -2.16. The van der Waals surface area contributed by atoms with Gasteiger partial charge in [-0.05, 0) is 55.3 Å².